The third-order valence-corrected chi connectivity index (χ3v) is 1.79. The first-order valence-electron chi connectivity index (χ1n) is 4.13. The molecule has 1 aliphatic rings. The lowest BCUT2D eigenvalue weighted by Crippen LogP contribution is -2.10. The second-order valence-electron chi connectivity index (χ2n) is 2.72. The van der Waals surface area contributed by atoms with Crippen LogP contribution in [-0.4, -0.2) is 19.0 Å². The molecule has 0 spiro atoms. The summed E-state index contributed by atoms with van der Waals surface area (Å²) in [7, 11) is 0. The number of hydrogen-bond acceptors (Lipinski definition) is 2. The lowest BCUT2D eigenvalue weighted by molar-refractivity contribution is -0.0624. The van der Waals surface area contributed by atoms with E-state index in [1.165, 1.54) is 0 Å². The van der Waals surface area contributed by atoms with E-state index in [1.807, 2.05) is 0 Å². The topological polar surface area (TPSA) is 18.5 Å². The first kappa shape index (κ1) is 8.02. The van der Waals surface area contributed by atoms with Crippen LogP contribution in [0, 0.1) is 0 Å². The number of rotatable bonds is 3. The molecule has 0 bridgehead atoms. The summed E-state index contributed by atoms with van der Waals surface area (Å²) in [5.41, 5.74) is 0. The number of ether oxygens (including phenoxy) is 2. The summed E-state index contributed by atoms with van der Waals surface area (Å²) in [5, 5.41) is 0. The van der Waals surface area contributed by atoms with Gasteiger partial charge in [0.15, 0.2) is 6.29 Å². The van der Waals surface area contributed by atoms with Crippen LogP contribution in [0.5, 0.6) is 0 Å². The molecule has 0 aromatic heterocycles. The van der Waals surface area contributed by atoms with E-state index in [-0.39, 0.29) is 6.29 Å². The standard InChI is InChI=1S/C8H16O2/c1-3-5-8-9-6-7(4-2)10-8/h7-8H,3-6H2,1-2H3/t7-,8+/m0/s1. The Morgan fingerprint density at radius 3 is 2.70 bits per heavy atom. The zero-order chi connectivity index (χ0) is 7.40. The molecule has 1 saturated heterocycles. The summed E-state index contributed by atoms with van der Waals surface area (Å²) in [5.74, 6) is 0. The molecule has 1 heterocycles. The first-order valence-corrected chi connectivity index (χ1v) is 4.13. The van der Waals surface area contributed by atoms with Crippen LogP contribution in [-0.2, 0) is 9.47 Å². The minimum absolute atomic E-state index is 0.0925. The Hall–Kier alpha value is -0.0800. The number of hydrogen-bond donors (Lipinski definition) is 0. The molecular weight excluding hydrogens is 128 g/mol. The molecule has 0 N–H and O–H groups in total. The minimum atomic E-state index is 0.0925. The van der Waals surface area contributed by atoms with Crippen LogP contribution in [0.2, 0.25) is 0 Å². The van der Waals surface area contributed by atoms with Crippen LogP contribution in [0.4, 0.5) is 0 Å². The summed E-state index contributed by atoms with van der Waals surface area (Å²) in [6, 6.07) is 0. The molecule has 2 atom stereocenters. The molecule has 0 aromatic carbocycles. The molecule has 0 unspecified atom stereocenters. The van der Waals surface area contributed by atoms with Gasteiger partial charge in [-0.1, -0.05) is 20.3 Å². The first-order chi connectivity index (χ1) is 4.86. The fourth-order valence-corrected chi connectivity index (χ4v) is 1.11. The SMILES string of the molecule is CCC[C@@H]1OC[C@H](CC)O1. The molecule has 10 heavy (non-hydrogen) atoms. The van der Waals surface area contributed by atoms with Crippen LogP contribution in [0.1, 0.15) is 33.1 Å². The Bertz CT molecular complexity index is 93.3. The Morgan fingerprint density at radius 2 is 2.20 bits per heavy atom. The van der Waals surface area contributed by atoms with Gasteiger partial charge in [-0.05, 0) is 12.8 Å². The van der Waals surface area contributed by atoms with Gasteiger partial charge in [0.25, 0.3) is 0 Å². The zero-order valence-electron chi connectivity index (χ0n) is 6.80. The molecule has 0 amide bonds. The highest BCUT2D eigenvalue weighted by molar-refractivity contribution is 4.62. The highest BCUT2D eigenvalue weighted by Gasteiger charge is 2.22. The van der Waals surface area contributed by atoms with Crippen molar-refractivity contribution in [3.63, 3.8) is 0 Å². The van der Waals surface area contributed by atoms with Crippen molar-refractivity contribution in [3.05, 3.63) is 0 Å². The molecular formula is C8H16O2. The van der Waals surface area contributed by atoms with E-state index in [4.69, 9.17) is 9.47 Å². The third-order valence-electron chi connectivity index (χ3n) is 1.79. The van der Waals surface area contributed by atoms with E-state index in [0.29, 0.717) is 6.10 Å². The Kier molecular flexibility index (Phi) is 3.16. The maximum atomic E-state index is 5.53. The molecule has 60 valence electrons. The summed E-state index contributed by atoms with van der Waals surface area (Å²) in [6.45, 7) is 5.06. The molecule has 2 heteroatoms. The van der Waals surface area contributed by atoms with Crippen molar-refractivity contribution in [2.75, 3.05) is 6.61 Å². The van der Waals surface area contributed by atoms with E-state index < -0.39 is 0 Å². The molecule has 1 rings (SSSR count). The summed E-state index contributed by atoms with van der Waals surface area (Å²) < 4.78 is 10.9. The second kappa shape index (κ2) is 3.94. The predicted octanol–water partition coefficient (Wildman–Crippen LogP) is 1.94. The van der Waals surface area contributed by atoms with E-state index in [1.54, 1.807) is 0 Å². The monoisotopic (exact) mass is 144 g/mol. The van der Waals surface area contributed by atoms with Gasteiger partial charge in [-0.3, -0.25) is 0 Å². The summed E-state index contributed by atoms with van der Waals surface area (Å²) >= 11 is 0. The maximum Gasteiger partial charge on any atom is 0.158 e. The van der Waals surface area contributed by atoms with Crippen molar-refractivity contribution in [1.29, 1.82) is 0 Å². The van der Waals surface area contributed by atoms with E-state index in [2.05, 4.69) is 13.8 Å². The zero-order valence-corrected chi connectivity index (χ0v) is 6.80. The van der Waals surface area contributed by atoms with Gasteiger partial charge < -0.3 is 9.47 Å². The van der Waals surface area contributed by atoms with Gasteiger partial charge in [0.05, 0.1) is 12.7 Å². The molecule has 0 radical (unpaired) electrons. The van der Waals surface area contributed by atoms with Gasteiger partial charge in [0, 0.05) is 0 Å². The van der Waals surface area contributed by atoms with E-state index in [9.17, 15) is 0 Å². The summed E-state index contributed by atoms with van der Waals surface area (Å²) in [6.07, 6.45) is 3.70. The second-order valence-corrected chi connectivity index (χ2v) is 2.72. The highest BCUT2D eigenvalue weighted by atomic mass is 16.7. The fourth-order valence-electron chi connectivity index (χ4n) is 1.11. The van der Waals surface area contributed by atoms with Crippen molar-refractivity contribution in [2.24, 2.45) is 0 Å². The lowest BCUT2D eigenvalue weighted by Gasteiger charge is -2.07. The van der Waals surface area contributed by atoms with Gasteiger partial charge in [-0.15, -0.1) is 0 Å². The van der Waals surface area contributed by atoms with Crippen LogP contribution >= 0.6 is 0 Å². The Balaban J connectivity index is 2.15. The van der Waals surface area contributed by atoms with E-state index >= 15 is 0 Å². The molecule has 1 fully saturated rings. The normalized spacial score (nSPS) is 33.0. The smallest absolute Gasteiger partial charge is 0.158 e. The minimum Gasteiger partial charge on any atom is -0.350 e. The maximum absolute atomic E-state index is 5.53. The predicted molar refractivity (Wildman–Crippen MR) is 39.8 cm³/mol. The largest absolute Gasteiger partial charge is 0.350 e. The van der Waals surface area contributed by atoms with Gasteiger partial charge in [0.1, 0.15) is 0 Å². The molecule has 0 aliphatic carbocycles. The van der Waals surface area contributed by atoms with Gasteiger partial charge >= 0.3 is 0 Å². The van der Waals surface area contributed by atoms with Crippen molar-refractivity contribution >= 4 is 0 Å². The van der Waals surface area contributed by atoms with Crippen molar-refractivity contribution in [3.8, 4) is 0 Å². The lowest BCUT2D eigenvalue weighted by atomic mass is 10.3. The summed E-state index contributed by atoms with van der Waals surface area (Å²) in [4.78, 5) is 0. The third kappa shape index (κ3) is 1.96. The highest BCUT2D eigenvalue weighted by Crippen LogP contribution is 2.17. The van der Waals surface area contributed by atoms with Crippen LogP contribution in [0.15, 0.2) is 0 Å². The average Bonchev–Trinajstić information content (AvgIpc) is 2.37. The quantitative estimate of drug-likeness (QED) is 0.602. The van der Waals surface area contributed by atoms with Gasteiger partial charge in [0.2, 0.25) is 0 Å². The Morgan fingerprint density at radius 1 is 1.40 bits per heavy atom. The molecule has 0 aromatic rings. The molecule has 2 nitrogen and oxygen atoms in total. The average molecular weight is 144 g/mol. The molecule has 1 aliphatic heterocycles. The van der Waals surface area contributed by atoms with Crippen molar-refractivity contribution in [2.45, 2.75) is 45.5 Å². The van der Waals surface area contributed by atoms with Crippen molar-refractivity contribution in [1.82, 2.24) is 0 Å². The van der Waals surface area contributed by atoms with Gasteiger partial charge in [-0.25, -0.2) is 0 Å². The van der Waals surface area contributed by atoms with Crippen LogP contribution < -0.4 is 0 Å². The van der Waals surface area contributed by atoms with Crippen LogP contribution in [0.3, 0.4) is 0 Å². The van der Waals surface area contributed by atoms with Crippen molar-refractivity contribution < 1.29 is 9.47 Å². The van der Waals surface area contributed by atoms with Crippen LogP contribution in [0.25, 0.3) is 0 Å². The van der Waals surface area contributed by atoms with Gasteiger partial charge in [-0.2, -0.15) is 0 Å². The fraction of sp³-hybridized carbons (Fsp3) is 1.00. The Labute approximate surface area is 62.5 Å². The molecule has 0 saturated carbocycles. The van der Waals surface area contributed by atoms with E-state index in [0.717, 1.165) is 25.9 Å².